The van der Waals surface area contributed by atoms with Crippen LogP contribution in [-0.4, -0.2) is 54.8 Å². The predicted molar refractivity (Wildman–Crippen MR) is 271 cm³/mol. The topological polar surface area (TPSA) is 205 Å². The Kier molecular flexibility index (Phi) is 22.6. The maximum atomic E-state index is 13.7. The first-order valence-electron chi connectivity index (χ1n) is 22.3. The van der Waals surface area contributed by atoms with Crippen LogP contribution in [0.3, 0.4) is 0 Å². The van der Waals surface area contributed by atoms with E-state index in [1.165, 1.54) is 63.5 Å². The number of hydrogen-bond donors (Lipinski definition) is 6. The summed E-state index contributed by atoms with van der Waals surface area (Å²) in [5.74, 6) is -0.338. The van der Waals surface area contributed by atoms with Crippen LogP contribution in [0, 0.1) is 31.1 Å². The molecule has 0 spiro atoms. The smallest absolute Gasteiger partial charge is 0.255 e. The van der Waals surface area contributed by atoms with Crippen LogP contribution < -0.4 is 35.9 Å². The number of phenolic OH excluding ortho intramolecular Hbond substituents is 1. The number of aromatic hydroxyl groups is 1. The van der Waals surface area contributed by atoms with Crippen LogP contribution in [0.5, 0.6) is 23.0 Å². The Balaban J connectivity index is 0.000000940. The summed E-state index contributed by atoms with van der Waals surface area (Å²) in [7, 11) is 2.43. The number of benzene rings is 6. The molecule has 1 saturated carbocycles. The minimum Gasteiger partial charge on any atom is -0.696 e. The van der Waals surface area contributed by atoms with Crippen LogP contribution in [0.2, 0.25) is 0 Å². The first-order chi connectivity index (χ1) is 33.0. The molecular formula is C55H60N5O8U-. The first kappa shape index (κ1) is 54.8. The minimum atomic E-state index is -0.482. The van der Waals surface area contributed by atoms with E-state index in [1.807, 2.05) is 48.5 Å². The van der Waals surface area contributed by atoms with Gasteiger partial charge in [0, 0.05) is 73.9 Å². The number of methoxy groups -OCH3 is 1. The molecule has 13 nitrogen and oxygen atoms in total. The number of hydrogen-bond acceptors (Lipinski definition) is 9. The van der Waals surface area contributed by atoms with E-state index in [0.717, 1.165) is 34.9 Å². The van der Waals surface area contributed by atoms with Gasteiger partial charge in [-0.15, -0.1) is 0 Å². The van der Waals surface area contributed by atoms with Crippen LogP contribution in [0.4, 0.5) is 17.1 Å². The van der Waals surface area contributed by atoms with Crippen molar-refractivity contribution in [2.45, 2.75) is 57.7 Å². The van der Waals surface area contributed by atoms with Gasteiger partial charge in [-0.2, -0.15) is 0 Å². The Morgan fingerprint density at radius 2 is 1.23 bits per heavy atom. The fourth-order valence-corrected chi connectivity index (χ4v) is 7.19. The van der Waals surface area contributed by atoms with Crippen molar-refractivity contribution in [2.24, 2.45) is 5.73 Å². The fourth-order valence-electron chi connectivity index (χ4n) is 7.19. The first-order valence-corrected chi connectivity index (χ1v) is 22.3. The number of carbonyl (C=O) groups excluding carboxylic acids is 3. The maximum absolute atomic E-state index is 13.7. The van der Waals surface area contributed by atoms with Gasteiger partial charge in [0.25, 0.3) is 17.7 Å². The largest absolute Gasteiger partial charge is 0.696 e. The van der Waals surface area contributed by atoms with E-state index in [1.54, 1.807) is 66.7 Å². The zero-order valence-electron chi connectivity index (χ0n) is 39.1. The van der Waals surface area contributed by atoms with Crippen molar-refractivity contribution in [1.29, 1.82) is 0 Å². The normalized spacial score (nSPS) is 11.7. The molecule has 0 aliphatic heterocycles. The molecular weight excluding hydrogens is 1100 g/mol. The molecule has 3 amide bonds. The third kappa shape index (κ3) is 16.7. The number of amides is 3. The summed E-state index contributed by atoms with van der Waals surface area (Å²) < 4.78 is 17.5. The molecule has 0 bridgehead atoms. The molecule has 7 rings (SSSR count). The van der Waals surface area contributed by atoms with Gasteiger partial charge < -0.3 is 51.8 Å². The summed E-state index contributed by atoms with van der Waals surface area (Å²) in [4.78, 5) is 40.3. The summed E-state index contributed by atoms with van der Waals surface area (Å²) >= 11 is 0. The SMILES string of the molecule is C=Cc1ccc(CNC(=O)c2ccc(NC(=O)c3ccc(NC(=O)c4ccc([NH-])c(OCCc5ccc(O)cc5)c4)c(OC)c3)c(OCc3ccccc3)c2)cc1C=C.CO.NC1CCCCC1.[U]. The van der Waals surface area contributed by atoms with E-state index in [9.17, 15) is 19.5 Å². The van der Waals surface area contributed by atoms with Gasteiger partial charge in [-0.25, -0.2) is 0 Å². The number of ether oxygens (including phenoxy) is 3. The Hall–Kier alpha value is -6.82. The van der Waals surface area contributed by atoms with Crippen molar-refractivity contribution in [3.63, 3.8) is 0 Å². The molecule has 0 unspecified atom stereocenters. The molecule has 1 aliphatic rings. The van der Waals surface area contributed by atoms with Gasteiger partial charge in [-0.3, -0.25) is 14.4 Å². The second kappa shape index (κ2) is 28.5. The number of aliphatic hydroxyl groups is 1. The predicted octanol–water partition coefficient (Wildman–Crippen LogP) is 10.9. The van der Waals surface area contributed by atoms with Crippen molar-refractivity contribution in [2.75, 3.05) is 31.5 Å². The number of aliphatic hydroxyl groups excluding tert-OH is 1. The molecule has 1 aliphatic carbocycles. The maximum Gasteiger partial charge on any atom is 0.255 e. The van der Waals surface area contributed by atoms with Crippen molar-refractivity contribution in [3.05, 3.63) is 191 Å². The molecule has 6 aromatic rings. The van der Waals surface area contributed by atoms with Gasteiger partial charge in [0.15, 0.2) is 0 Å². The molecule has 0 radical (unpaired) electrons. The van der Waals surface area contributed by atoms with Crippen LogP contribution in [0.1, 0.15) is 91.0 Å². The number of rotatable bonds is 17. The number of phenols is 1. The average Bonchev–Trinajstić information content (AvgIpc) is 3.37. The van der Waals surface area contributed by atoms with E-state index in [4.69, 9.17) is 30.8 Å². The minimum absolute atomic E-state index is 0. The van der Waals surface area contributed by atoms with Crippen LogP contribution in [0.25, 0.3) is 17.9 Å². The van der Waals surface area contributed by atoms with Gasteiger partial charge in [0.1, 0.15) is 29.6 Å². The number of carbonyl (C=O) groups is 3. The van der Waals surface area contributed by atoms with Gasteiger partial charge in [-0.1, -0.05) is 117 Å². The van der Waals surface area contributed by atoms with Crippen molar-refractivity contribution >= 4 is 46.9 Å². The number of nitrogens with two attached hydrogens (primary N) is 1. The standard InChI is InChI=1S/C48H44N4O7.C6H13N.CH4O.U/c1-4-34-14-11-33(25-35(34)5-2)29-50-46(54)36-16-22-42(45(28-36)59-30-32-9-7-6-8-10-32)52-48(56)38-17-21-41(44(27-38)57-3)51-47(55)37-15-20-40(49)43(26-37)58-24-23-31-12-18-39(53)19-13-31;7-6-4-2-1-3-5-6;1-2;/h4-22,25-28H,1-2,23-24,29-30H2,3H3,(H6,49,50,51,52,53,54,55,56);6H,1-5,7H2;2H,1H3;/p-1. The van der Waals surface area contributed by atoms with Gasteiger partial charge in [0.2, 0.25) is 0 Å². The molecule has 0 saturated heterocycles. The van der Waals surface area contributed by atoms with Crippen LogP contribution >= 0.6 is 0 Å². The fraction of sp³-hybridized carbons (Fsp3) is 0.218. The zero-order chi connectivity index (χ0) is 48.8. The van der Waals surface area contributed by atoms with Gasteiger partial charge in [0.05, 0.1) is 25.1 Å². The van der Waals surface area contributed by atoms with E-state index in [-0.39, 0.29) is 96.6 Å². The quantitative estimate of drug-likeness (QED) is 0.0513. The third-order valence-electron chi connectivity index (χ3n) is 11.0. The van der Waals surface area contributed by atoms with Gasteiger partial charge >= 0.3 is 0 Å². The van der Waals surface area contributed by atoms with E-state index in [0.29, 0.717) is 29.4 Å². The van der Waals surface area contributed by atoms with Crippen molar-refractivity contribution in [3.8, 4) is 23.0 Å². The molecule has 69 heavy (non-hydrogen) atoms. The monoisotopic (exact) mass is 1160 g/mol. The zero-order valence-corrected chi connectivity index (χ0v) is 43.2. The van der Waals surface area contributed by atoms with Gasteiger partial charge in [-0.05, 0) is 101 Å². The Morgan fingerprint density at radius 1 is 0.667 bits per heavy atom. The molecule has 8 N–H and O–H groups in total. The Bertz CT molecular complexity index is 2640. The molecule has 0 atom stereocenters. The molecule has 1 fully saturated rings. The van der Waals surface area contributed by atoms with Crippen LogP contribution in [-0.2, 0) is 19.6 Å². The molecule has 0 heterocycles. The Morgan fingerprint density at radius 3 is 1.83 bits per heavy atom. The molecule has 14 heteroatoms. The number of nitrogens with one attached hydrogen (secondary N) is 4. The summed E-state index contributed by atoms with van der Waals surface area (Å²) in [6.45, 7) is 8.43. The molecule has 358 valence electrons. The second-order valence-corrected chi connectivity index (χ2v) is 15.7. The summed E-state index contributed by atoms with van der Waals surface area (Å²) in [5.41, 5.74) is 20.1. The second-order valence-electron chi connectivity index (χ2n) is 15.7. The average molecular weight is 1160 g/mol. The van der Waals surface area contributed by atoms with E-state index >= 15 is 0 Å². The van der Waals surface area contributed by atoms with Crippen LogP contribution in [0.15, 0.2) is 141 Å². The summed E-state index contributed by atoms with van der Waals surface area (Å²) in [6, 6.07) is 36.5. The Labute approximate surface area is 428 Å². The number of anilines is 2. The summed E-state index contributed by atoms with van der Waals surface area (Å²) in [6.07, 6.45) is 10.7. The molecule has 6 aromatic carbocycles. The molecule has 0 aromatic heterocycles. The summed E-state index contributed by atoms with van der Waals surface area (Å²) in [5, 5.41) is 25.2. The van der Waals surface area contributed by atoms with Crippen molar-refractivity contribution in [1.82, 2.24) is 5.32 Å². The van der Waals surface area contributed by atoms with E-state index in [2.05, 4.69) is 29.1 Å². The van der Waals surface area contributed by atoms with E-state index < -0.39 is 11.8 Å². The third-order valence-corrected chi connectivity index (χ3v) is 11.0. The van der Waals surface area contributed by atoms with Crippen molar-refractivity contribution < 1.29 is 69.9 Å².